The quantitative estimate of drug-likeness (QED) is 0.568. The van der Waals surface area contributed by atoms with Crippen LogP contribution in [0.5, 0.6) is 5.75 Å². The largest absolute Gasteiger partial charge is 0.497 e. The van der Waals surface area contributed by atoms with E-state index in [1.54, 1.807) is 13.2 Å². The third-order valence-electron chi connectivity index (χ3n) is 4.40. The van der Waals surface area contributed by atoms with Gasteiger partial charge in [-0.05, 0) is 41.9 Å². The number of methoxy groups -OCH3 is 1. The fourth-order valence-electron chi connectivity index (χ4n) is 1.66. The monoisotopic (exact) mass is 363 g/mol. The molecule has 0 unspecified atom stereocenters. The Morgan fingerprint density at radius 3 is 2.28 bits per heavy atom. The Labute approximate surface area is 151 Å². The summed E-state index contributed by atoms with van der Waals surface area (Å²) < 4.78 is 10.9. The minimum atomic E-state index is -1.95. The SMILES string of the molecule is COc1ccc(/C=C/C(=O)NCC(=O)CO[Si](C)(C)C(C)(C)C)cc1. The highest BCUT2D eigenvalue weighted by molar-refractivity contribution is 6.74. The van der Waals surface area contributed by atoms with Crippen LogP contribution >= 0.6 is 0 Å². The van der Waals surface area contributed by atoms with Crippen molar-refractivity contribution in [1.82, 2.24) is 5.32 Å². The lowest BCUT2D eigenvalue weighted by molar-refractivity contribution is -0.124. The Bertz CT molecular complexity index is 615. The average molecular weight is 364 g/mol. The first-order valence-corrected chi connectivity index (χ1v) is 11.2. The number of Topliss-reactive ketones (excluding diaryl/α,β-unsaturated/α-hetero) is 1. The average Bonchev–Trinajstić information content (AvgIpc) is 2.55. The number of benzene rings is 1. The maximum absolute atomic E-state index is 11.9. The Hall–Kier alpha value is -1.92. The van der Waals surface area contributed by atoms with Crippen LogP contribution < -0.4 is 10.1 Å². The minimum absolute atomic E-state index is 0.0274. The number of nitrogens with one attached hydrogen (secondary N) is 1. The smallest absolute Gasteiger partial charge is 0.244 e. The van der Waals surface area contributed by atoms with Gasteiger partial charge in [0.1, 0.15) is 5.75 Å². The van der Waals surface area contributed by atoms with E-state index in [2.05, 4.69) is 39.2 Å². The summed E-state index contributed by atoms with van der Waals surface area (Å²) >= 11 is 0. The van der Waals surface area contributed by atoms with Gasteiger partial charge in [-0.15, -0.1) is 0 Å². The summed E-state index contributed by atoms with van der Waals surface area (Å²) in [5, 5.41) is 2.64. The highest BCUT2D eigenvalue weighted by atomic mass is 28.4. The number of amides is 1. The molecule has 0 aliphatic carbocycles. The van der Waals surface area contributed by atoms with E-state index < -0.39 is 8.32 Å². The summed E-state index contributed by atoms with van der Waals surface area (Å²) in [6.07, 6.45) is 3.09. The number of carbonyl (C=O) groups excluding carboxylic acids is 2. The molecule has 0 saturated heterocycles. The highest BCUT2D eigenvalue weighted by Crippen LogP contribution is 2.36. The summed E-state index contributed by atoms with van der Waals surface area (Å²) in [5.74, 6) is 0.321. The molecule has 0 saturated carbocycles. The number of hydrogen-bond donors (Lipinski definition) is 1. The molecule has 0 fully saturated rings. The van der Waals surface area contributed by atoms with Crippen LogP contribution in [0.15, 0.2) is 30.3 Å². The molecular weight excluding hydrogens is 334 g/mol. The minimum Gasteiger partial charge on any atom is -0.497 e. The van der Waals surface area contributed by atoms with E-state index in [9.17, 15) is 9.59 Å². The van der Waals surface area contributed by atoms with Crippen LogP contribution in [0, 0.1) is 0 Å². The maximum Gasteiger partial charge on any atom is 0.244 e. The topological polar surface area (TPSA) is 64.6 Å². The van der Waals surface area contributed by atoms with Crippen LogP contribution in [-0.2, 0) is 14.0 Å². The number of rotatable bonds is 8. The van der Waals surface area contributed by atoms with Gasteiger partial charge in [0.15, 0.2) is 14.1 Å². The van der Waals surface area contributed by atoms with E-state index in [0.717, 1.165) is 11.3 Å². The first kappa shape index (κ1) is 21.1. The number of hydrogen-bond acceptors (Lipinski definition) is 4. The van der Waals surface area contributed by atoms with Crippen LogP contribution in [-0.4, -0.2) is 40.3 Å². The Morgan fingerprint density at radius 1 is 1.16 bits per heavy atom. The van der Waals surface area contributed by atoms with Gasteiger partial charge in [0.2, 0.25) is 5.91 Å². The standard InChI is InChI=1S/C19H29NO4Si/c1-19(2,3)25(5,6)24-14-16(21)13-20-18(22)12-9-15-7-10-17(23-4)11-8-15/h7-12H,13-14H2,1-6H3,(H,20,22)/b12-9+. The van der Waals surface area contributed by atoms with E-state index in [1.807, 2.05) is 24.3 Å². The molecule has 0 spiro atoms. The molecule has 1 rings (SSSR count). The van der Waals surface area contributed by atoms with E-state index >= 15 is 0 Å². The van der Waals surface area contributed by atoms with Crippen molar-refractivity contribution in [2.75, 3.05) is 20.3 Å². The van der Waals surface area contributed by atoms with Crippen molar-refractivity contribution in [1.29, 1.82) is 0 Å². The molecule has 1 aromatic carbocycles. The lowest BCUT2D eigenvalue weighted by atomic mass is 10.2. The van der Waals surface area contributed by atoms with Gasteiger partial charge in [-0.1, -0.05) is 32.9 Å². The Morgan fingerprint density at radius 2 is 1.76 bits per heavy atom. The molecule has 6 heteroatoms. The molecule has 25 heavy (non-hydrogen) atoms. The Kier molecular flexibility index (Phi) is 7.57. The molecule has 0 atom stereocenters. The van der Waals surface area contributed by atoms with Crippen molar-refractivity contribution in [3.63, 3.8) is 0 Å². The molecular formula is C19H29NO4Si. The molecule has 0 radical (unpaired) electrons. The summed E-state index contributed by atoms with van der Waals surface area (Å²) in [5.41, 5.74) is 0.878. The Balaban J connectivity index is 2.40. The first-order valence-electron chi connectivity index (χ1n) is 8.31. The first-order chi connectivity index (χ1) is 11.5. The van der Waals surface area contributed by atoms with E-state index in [4.69, 9.17) is 9.16 Å². The molecule has 1 amide bonds. The molecule has 0 heterocycles. The van der Waals surface area contributed by atoms with Gasteiger partial charge in [0, 0.05) is 6.08 Å². The molecule has 0 aliphatic heterocycles. The van der Waals surface area contributed by atoms with Gasteiger partial charge < -0.3 is 14.5 Å². The lowest BCUT2D eigenvalue weighted by Crippen LogP contribution is -2.43. The van der Waals surface area contributed by atoms with Crippen LogP contribution in [0.1, 0.15) is 26.3 Å². The van der Waals surface area contributed by atoms with Gasteiger partial charge in [-0.2, -0.15) is 0 Å². The van der Waals surface area contributed by atoms with Crippen LogP contribution in [0.4, 0.5) is 0 Å². The maximum atomic E-state index is 11.9. The van der Waals surface area contributed by atoms with E-state index in [-0.39, 0.29) is 29.9 Å². The predicted octanol–water partition coefficient (Wildman–Crippen LogP) is 3.42. The van der Waals surface area contributed by atoms with Crippen LogP contribution in [0.25, 0.3) is 6.08 Å². The number of ketones is 1. The van der Waals surface area contributed by atoms with Crippen LogP contribution in [0.3, 0.4) is 0 Å². The summed E-state index contributed by atoms with van der Waals surface area (Å²) in [6, 6.07) is 7.33. The summed E-state index contributed by atoms with van der Waals surface area (Å²) in [4.78, 5) is 23.7. The van der Waals surface area contributed by atoms with Gasteiger partial charge in [0.05, 0.1) is 20.3 Å². The third-order valence-corrected chi connectivity index (χ3v) is 8.88. The normalized spacial score (nSPS) is 12.2. The van der Waals surface area contributed by atoms with Crippen molar-refractivity contribution in [2.24, 2.45) is 0 Å². The van der Waals surface area contributed by atoms with Crippen LogP contribution in [0.2, 0.25) is 18.1 Å². The van der Waals surface area contributed by atoms with Gasteiger partial charge >= 0.3 is 0 Å². The predicted molar refractivity (Wildman–Crippen MR) is 103 cm³/mol. The van der Waals surface area contributed by atoms with E-state index in [0.29, 0.717) is 0 Å². The van der Waals surface area contributed by atoms with Crippen molar-refractivity contribution in [3.8, 4) is 5.75 Å². The second-order valence-electron chi connectivity index (χ2n) is 7.41. The molecule has 1 N–H and O–H groups in total. The molecule has 0 aromatic heterocycles. The molecule has 5 nitrogen and oxygen atoms in total. The zero-order chi connectivity index (χ0) is 19.1. The molecule has 1 aromatic rings. The molecule has 0 aliphatic rings. The fourth-order valence-corrected chi connectivity index (χ4v) is 2.61. The van der Waals surface area contributed by atoms with Crippen molar-refractivity contribution in [2.45, 2.75) is 38.9 Å². The van der Waals surface area contributed by atoms with Crippen molar-refractivity contribution >= 4 is 26.1 Å². The lowest BCUT2D eigenvalue weighted by Gasteiger charge is -2.35. The number of ether oxygens (including phenoxy) is 1. The van der Waals surface area contributed by atoms with Gasteiger partial charge in [0.25, 0.3) is 0 Å². The zero-order valence-electron chi connectivity index (χ0n) is 16.0. The molecule has 138 valence electrons. The summed E-state index contributed by atoms with van der Waals surface area (Å²) in [7, 11) is -0.348. The fraction of sp³-hybridized carbons (Fsp3) is 0.474. The van der Waals surface area contributed by atoms with E-state index in [1.165, 1.54) is 6.08 Å². The summed E-state index contributed by atoms with van der Waals surface area (Å²) in [6.45, 7) is 10.6. The second kappa shape index (κ2) is 8.96. The van der Waals surface area contributed by atoms with Gasteiger partial charge in [-0.3, -0.25) is 9.59 Å². The molecule has 0 bridgehead atoms. The van der Waals surface area contributed by atoms with Gasteiger partial charge in [-0.25, -0.2) is 0 Å². The number of carbonyl (C=O) groups is 2. The third kappa shape index (κ3) is 7.23. The second-order valence-corrected chi connectivity index (χ2v) is 12.2. The zero-order valence-corrected chi connectivity index (χ0v) is 17.0. The van der Waals surface area contributed by atoms with Crippen molar-refractivity contribution < 1.29 is 18.8 Å². The highest BCUT2D eigenvalue weighted by Gasteiger charge is 2.37. The van der Waals surface area contributed by atoms with Crippen molar-refractivity contribution in [3.05, 3.63) is 35.9 Å².